The molecule has 3 N–H and O–H groups in total. The third-order valence-electron chi connectivity index (χ3n) is 3.95. The number of aliphatic hydroxyl groups is 1. The van der Waals surface area contributed by atoms with E-state index in [1.54, 1.807) is 12.2 Å². The van der Waals surface area contributed by atoms with Crippen molar-refractivity contribution in [1.29, 1.82) is 0 Å². The van der Waals surface area contributed by atoms with Crippen LogP contribution in [0.3, 0.4) is 0 Å². The minimum atomic E-state index is -1.32. The van der Waals surface area contributed by atoms with Gasteiger partial charge in [0.1, 0.15) is 0 Å². The Morgan fingerprint density at radius 2 is 2.00 bits per heavy atom. The van der Waals surface area contributed by atoms with Gasteiger partial charge in [-0.15, -0.1) is 0 Å². The minimum absolute atomic E-state index is 0.00477. The number of aliphatic hydroxyl groups excluding tert-OH is 1. The van der Waals surface area contributed by atoms with Crippen LogP contribution in [-0.4, -0.2) is 33.9 Å². The average molecular weight is 226 g/mol. The smallest absolute Gasteiger partial charge is 0.311 e. The van der Waals surface area contributed by atoms with Crippen molar-refractivity contribution in [2.75, 3.05) is 6.61 Å². The van der Waals surface area contributed by atoms with Crippen LogP contribution in [0, 0.1) is 23.2 Å². The second-order valence-corrected chi connectivity index (χ2v) is 4.53. The van der Waals surface area contributed by atoms with Crippen molar-refractivity contribution in [2.45, 2.75) is 12.8 Å². The van der Waals surface area contributed by atoms with E-state index in [0.29, 0.717) is 6.42 Å². The Morgan fingerprint density at radius 1 is 1.31 bits per heavy atom. The molecule has 0 aromatic carbocycles. The number of rotatable bonds is 4. The first-order valence-electron chi connectivity index (χ1n) is 5.29. The van der Waals surface area contributed by atoms with Crippen LogP contribution in [0.4, 0.5) is 0 Å². The molecule has 2 aliphatic carbocycles. The van der Waals surface area contributed by atoms with Crippen molar-refractivity contribution in [1.82, 2.24) is 0 Å². The molecule has 0 radical (unpaired) electrons. The van der Waals surface area contributed by atoms with Gasteiger partial charge in [0.15, 0.2) is 0 Å². The summed E-state index contributed by atoms with van der Waals surface area (Å²) in [4.78, 5) is 22.6. The average Bonchev–Trinajstić information content (AvgIpc) is 2.76. The standard InChI is InChI=1S/C11H14O5/c12-4-3-11(10(15)16)7-2-1-6(5-7)8(11)9(13)14/h1-2,6-8,12H,3-5H2,(H,13,14)(H,15,16). The predicted molar refractivity (Wildman–Crippen MR) is 53.6 cm³/mol. The number of aliphatic carboxylic acids is 2. The zero-order valence-electron chi connectivity index (χ0n) is 8.67. The summed E-state index contributed by atoms with van der Waals surface area (Å²) in [6.45, 7) is -0.298. The van der Waals surface area contributed by atoms with E-state index in [9.17, 15) is 14.7 Å². The zero-order chi connectivity index (χ0) is 11.9. The first kappa shape index (κ1) is 11.1. The maximum absolute atomic E-state index is 11.4. The molecule has 2 rings (SSSR count). The molecule has 0 heterocycles. The first-order valence-corrected chi connectivity index (χ1v) is 5.29. The second kappa shape index (κ2) is 3.59. The van der Waals surface area contributed by atoms with Gasteiger partial charge in [0.25, 0.3) is 0 Å². The quantitative estimate of drug-likeness (QED) is 0.601. The van der Waals surface area contributed by atoms with Gasteiger partial charge in [0.05, 0.1) is 11.3 Å². The van der Waals surface area contributed by atoms with Crippen LogP contribution in [0.5, 0.6) is 0 Å². The van der Waals surface area contributed by atoms with Gasteiger partial charge in [-0.1, -0.05) is 12.2 Å². The van der Waals surface area contributed by atoms with Gasteiger partial charge in [-0.2, -0.15) is 0 Å². The van der Waals surface area contributed by atoms with Crippen LogP contribution < -0.4 is 0 Å². The predicted octanol–water partition coefficient (Wildman–Crippen LogP) is 0.347. The molecule has 16 heavy (non-hydrogen) atoms. The van der Waals surface area contributed by atoms with E-state index in [2.05, 4.69) is 0 Å². The lowest BCUT2D eigenvalue weighted by molar-refractivity contribution is -0.165. The SMILES string of the molecule is O=C(O)C1C2C=CC(C2)C1(CCO)C(=O)O. The van der Waals surface area contributed by atoms with Crippen LogP contribution in [-0.2, 0) is 9.59 Å². The molecule has 4 atom stereocenters. The zero-order valence-corrected chi connectivity index (χ0v) is 8.67. The van der Waals surface area contributed by atoms with Crippen molar-refractivity contribution in [3.05, 3.63) is 12.2 Å². The molecule has 2 bridgehead atoms. The molecule has 88 valence electrons. The van der Waals surface area contributed by atoms with Crippen molar-refractivity contribution in [3.8, 4) is 0 Å². The monoisotopic (exact) mass is 226 g/mol. The summed E-state index contributed by atoms with van der Waals surface area (Å²) in [5, 5.41) is 27.5. The highest BCUT2D eigenvalue weighted by atomic mass is 16.4. The lowest BCUT2D eigenvalue weighted by Crippen LogP contribution is -2.46. The normalized spacial score (nSPS) is 40.2. The summed E-state index contributed by atoms with van der Waals surface area (Å²) in [5.41, 5.74) is -1.32. The molecule has 0 amide bonds. The largest absolute Gasteiger partial charge is 0.481 e. The number of hydrogen-bond donors (Lipinski definition) is 3. The highest BCUT2D eigenvalue weighted by Crippen LogP contribution is 2.58. The van der Waals surface area contributed by atoms with E-state index >= 15 is 0 Å². The maximum Gasteiger partial charge on any atom is 0.311 e. The van der Waals surface area contributed by atoms with Gasteiger partial charge in [-0.3, -0.25) is 9.59 Å². The number of fused-ring (bicyclic) bond motifs is 2. The fourth-order valence-corrected chi connectivity index (χ4v) is 3.30. The van der Waals surface area contributed by atoms with E-state index in [0.717, 1.165) is 0 Å². The molecule has 1 saturated carbocycles. The molecule has 4 unspecified atom stereocenters. The van der Waals surface area contributed by atoms with E-state index in [-0.39, 0.29) is 24.9 Å². The molecule has 0 aromatic rings. The Balaban J connectivity index is 2.45. The lowest BCUT2D eigenvalue weighted by Gasteiger charge is -2.35. The van der Waals surface area contributed by atoms with Crippen molar-refractivity contribution in [2.24, 2.45) is 23.2 Å². The molecule has 0 aromatic heterocycles. The van der Waals surface area contributed by atoms with Gasteiger partial charge in [-0.05, 0) is 24.7 Å². The van der Waals surface area contributed by atoms with Crippen LogP contribution in [0.15, 0.2) is 12.2 Å². The molecule has 1 fully saturated rings. The molecular formula is C11H14O5. The van der Waals surface area contributed by atoms with E-state index in [4.69, 9.17) is 10.2 Å². The van der Waals surface area contributed by atoms with E-state index in [1.807, 2.05) is 0 Å². The third kappa shape index (κ3) is 1.21. The molecule has 5 nitrogen and oxygen atoms in total. The van der Waals surface area contributed by atoms with Crippen LogP contribution >= 0.6 is 0 Å². The Hall–Kier alpha value is -1.36. The van der Waals surface area contributed by atoms with E-state index < -0.39 is 23.3 Å². The number of hydrogen-bond acceptors (Lipinski definition) is 3. The maximum atomic E-state index is 11.4. The molecule has 0 spiro atoms. The summed E-state index contributed by atoms with van der Waals surface area (Å²) in [5.74, 6) is -3.56. The van der Waals surface area contributed by atoms with Crippen molar-refractivity contribution < 1.29 is 24.9 Å². The number of carboxylic acids is 2. The molecule has 2 aliphatic rings. The van der Waals surface area contributed by atoms with Crippen LogP contribution in [0.1, 0.15) is 12.8 Å². The number of allylic oxidation sites excluding steroid dienone is 2. The summed E-state index contributed by atoms with van der Waals surface area (Å²) >= 11 is 0. The minimum Gasteiger partial charge on any atom is -0.481 e. The summed E-state index contributed by atoms with van der Waals surface area (Å²) in [6.07, 6.45) is 4.16. The van der Waals surface area contributed by atoms with Crippen molar-refractivity contribution >= 4 is 11.9 Å². The summed E-state index contributed by atoms with van der Waals surface area (Å²) < 4.78 is 0. The molecule has 5 heteroatoms. The fourth-order valence-electron chi connectivity index (χ4n) is 3.30. The highest BCUT2D eigenvalue weighted by molar-refractivity contribution is 5.86. The van der Waals surface area contributed by atoms with E-state index in [1.165, 1.54) is 0 Å². The van der Waals surface area contributed by atoms with Crippen LogP contribution in [0.2, 0.25) is 0 Å². The van der Waals surface area contributed by atoms with Gasteiger partial charge in [0, 0.05) is 6.61 Å². The lowest BCUT2D eigenvalue weighted by atomic mass is 9.66. The third-order valence-corrected chi connectivity index (χ3v) is 3.95. The number of carboxylic acid groups (broad SMARTS) is 2. The number of carbonyl (C=O) groups is 2. The van der Waals surface area contributed by atoms with Gasteiger partial charge in [-0.25, -0.2) is 0 Å². The Labute approximate surface area is 92.4 Å². The Kier molecular flexibility index (Phi) is 2.50. The van der Waals surface area contributed by atoms with Crippen LogP contribution in [0.25, 0.3) is 0 Å². The topological polar surface area (TPSA) is 94.8 Å². The summed E-state index contributed by atoms with van der Waals surface area (Å²) in [6, 6.07) is 0. The molecule has 0 saturated heterocycles. The second-order valence-electron chi connectivity index (χ2n) is 4.53. The van der Waals surface area contributed by atoms with Gasteiger partial charge >= 0.3 is 11.9 Å². The molecular weight excluding hydrogens is 212 g/mol. The van der Waals surface area contributed by atoms with Crippen molar-refractivity contribution in [3.63, 3.8) is 0 Å². The van der Waals surface area contributed by atoms with Gasteiger partial charge in [0.2, 0.25) is 0 Å². The Morgan fingerprint density at radius 3 is 2.50 bits per heavy atom. The fraction of sp³-hybridized carbons (Fsp3) is 0.636. The highest BCUT2D eigenvalue weighted by Gasteiger charge is 2.63. The van der Waals surface area contributed by atoms with Gasteiger partial charge < -0.3 is 15.3 Å². The Bertz CT molecular complexity index is 361. The summed E-state index contributed by atoms with van der Waals surface area (Å²) in [7, 11) is 0. The molecule has 0 aliphatic heterocycles. The first-order chi connectivity index (χ1) is 7.54.